The number of hydrogen-bond acceptors (Lipinski definition) is 6. The molecule has 3 aromatic rings. The van der Waals surface area contributed by atoms with Crippen LogP contribution in [-0.4, -0.2) is 23.9 Å². The second-order valence-corrected chi connectivity index (χ2v) is 8.13. The van der Waals surface area contributed by atoms with E-state index in [9.17, 15) is 24.1 Å². The number of nitro benzene ring substituents is 1. The Labute approximate surface area is 195 Å². The molecule has 7 nitrogen and oxygen atoms in total. The summed E-state index contributed by atoms with van der Waals surface area (Å²) < 4.78 is 19.4. The molecule has 0 aliphatic rings. The van der Waals surface area contributed by atoms with Gasteiger partial charge in [0.15, 0.2) is 0 Å². The van der Waals surface area contributed by atoms with E-state index in [0.29, 0.717) is 33.0 Å². The minimum atomic E-state index is -0.609. The maximum absolute atomic E-state index is 14.2. The molecule has 166 valence electrons. The van der Waals surface area contributed by atoms with Gasteiger partial charge in [-0.05, 0) is 36.2 Å². The number of nitrogens with zero attached hydrogens (tertiary/aromatic N) is 2. The zero-order valence-corrected chi connectivity index (χ0v) is 19.3. The van der Waals surface area contributed by atoms with Crippen LogP contribution in [0.1, 0.15) is 28.4 Å². The Morgan fingerprint density at radius 1 is 1.25 bits per heavy atom. The third-order valence-corrected chi connectivity index (χ3v) is 6.51. The molecule has 2 aromatic carbocycles. The van der Waals surface area contributed by atoms with E-state index in [1.165, 1.54) is 23.1 Å². The Balaban J connectivity index is 2.15. The van der Waals surface area contributed by atoms with Crippen molar-refractivity contribution in [2.24, 2.45) is 0 Å². The van der Waals surface area contributed by atoms with Crippen molar-refractivity contribution in [2.75, 3.05) is 11.5 Å². The van der Waals surface area contributed by atoms with Crippen LogP contribution in [0.15, 0.2) is 48.5 Å². The van der Waals surface area contributed by atoms with Crippen LogP contribution in [-0.2, 0) is 21.4 Å². The van der Waals surface area contributed by atoms with Crippen molar-refractivity contribution in [3.63, 3.8) is 0 Å². The van der Waals surface area contributed by atoms with Crippen LogP contribution in [0.2, 0.25) is 0 Å². The van der Waals surface area contributed by atoms with Crippen LogP contribution in [0.25, 0.3) is 10.4 Å². The van der Waals surface area contributed by atoms with Crippen LogP contribution < -0.4 is 4.90 Å². The van der Waals surface area contributed by atoms with Gasteiger partial charge in [0, 0.05) is 27.9 Å². The molecule has 0 saturated heterocycles. The van der Waals surface area contributed by atoms with E-state index >= 15 is 0 Å². The number of rotatable bonds is 9. The number of halogens is 2. The molecule has 0 radical (unpaired) electrons. The lowest BCUT2D eigenvalue weighted by atomic mass is 10.1. The Morgan fingerprint density at radius 3 is 2.50 bits per heavy atom. The molecule has 3 rings (SSSR count). The number of nitro groups is 1. The third-order valence-electron chi connectivity index (χ3n) is 4.63. The van der Waals surface area contributed by atoms with E-state index in [1.54, 1.807) is 37.3 Å². The van der Waals surface area contributed by atoms with Gasteiger partial charge in [-0.25, -0.2) is 9.18 Å². The second kappa shape index (κ2) is 10.5. The van der Waals surface area contributed by atoms with Gasteiger partial charge in [-0.15, -0.1) is 11.3 Å². The minimum Gasteiger partial charge on any atom is -0.462 e. The Bertz CT molecular complexity index is 1150. The van der Waals surface area contributed by atoms with E-state index < -0.39 is 16.7 Å². The van der Waals surface area contributed by atoms with Crippen molar-refractivity contribution in [1.29, 1.82) is 0 Å². The molecule has 1 heterocycles. The Kier molecular flexibility index (Phi) is 7.70. The molecule has 0 atom stereocenters. The molecule has 0 aliphatic carbocycles. The first kappa shape index (κ1) is 23.6. The van der Waals surface area contributed by atoms with E-state index in [4.69, 9.17) is 4.74 Å². The van der Waals surface area contributed by atoms with Gasteiger partial charge in [0.25, 0.3) is 5.69 Å². The summed E-state index contributed by atoms with van der Waals surface area (Å²) >= 11 is 4.56. The number of esters is 1. The molecule has 0 bridgehead atoms. The highest BCUT2D eigenvalue weighted by Crippen LogP contribution is 2.44. The molecular formula is C22H18BrFN2O5S. The summed E-state index contributed by atoms with van der Waals surface area (Å²) in [6, 6.07) is 12.0. The molecule has 1 aromatic heterocycles. The average molecular weight is 521 g/mol. The molecule has 10 heteroatoms. The number of thiophene rings is 1. The summed E-state index contributed by atoms with van der Waals surface area (Å²) in [7, 11) is 0. The summed E-state index contributed by atoms with van der Waals surface area (Å²) in [6.07, 6.45) is 0.540. The van der Waals surface area contributed by atoms with Crippen LogP contribution in [0.4, 0.5) is 15.1 Å². The maximum Gasteiger partial charge on any atom is 0.341 e. The lowest BCUT2D eigenvalue weighted by Crippen LogP contribution is -2.22. The van der Waals surface area contributed by atoms with Crippen LogP contribution in [0, 0.1) is 15.9 Å². The molecular weight excluding hydrogens is 503 g/mol. The van der Waals surface area contributed by atoms with Crippen molar-refractivity contribution >= 4 is 50.3 Å². The number of non-ortho nitro benzene ring substituents is 1. The standard InChI is InChI=1S/C22H18BrFN2O5S/c1-2-31-22(28)19-17(11-23)20(14-7-9-16(10-8-14)26(29)30)32-21(19)25(13-27)12-15-5-3-4-6-18(15)24/h3-10,13H,2,11-12H2,1H3. The highest BCUT2D eigenvalue weighted by molar-refractivity contribution is 9.08. The summed E-state index contributed by atoms with van der Waals surface area (Å²) in [4.78, 5) is 37.2. The van der Waals surface area contributed by atoms with Gasteiger partial charge in [-0.1, -0.05) is 34.1 Å². The molecule has 32 heavy (non-hydrogen) atoms. The molecule has 0 spiro atoms. The quantitative estimate of drug-likeness (QED) is 0.119. The number of alkyl halides is 1. The van der Waals surface area contributed by atoms with E-state index in [0.717, 1.165) is 11.3 Å². The van der Waals surface area contributed by atoms with Gasteiger partial charge in [0.05, 0.1) is 23.6 Å². The largest absolute Gasteiger partial charge is 0.462 e. The number of hydrogen-bond donors (Lipinski definition) is 0. The zero-order valence-electron chi connectivity index (χ0n) is 16.9. The maximum atomic E-state index is 14.2. The Hall–Kier alpha value is -3.11. The van der Waals surface area contributed by atoms with Gasteiger partial charge in [-0.3, -0.25) is 14.9 Å². The Morgan fingerprint density at radius 2 is 1.94 bits per heavy atom. The number of ether oxygens (including phenoxy) is 1. The second-order valence-electron chi connectivity index (χ2n) is 6.57. The summed E-state index contributed by atoms with van der Waals surface area (Å²) in [5, 5.41) is 11.6. The summed E-state index contributed by atoms with van der Waals surface area (Å²) in [6.45, 7) is 1.73. The monoisotopic (exact) mass is 520 g/mol. The van der Waals surface area contributed by atoms with Crippen molar-refractivity contribution in [3.05, 3.63) is 81.2 Å². The topological polar surface area (TPSA) is 89.8 Å². The molecule has 0 saturated carbocycles. The normalized spacial score (nSPS) is 10.6. The van der Waals surface area contributed by atoms with Gasteiger partial charge in [-0.2, -0.15) is 0 Å². The number of benzene rings is 2. The lowest BCUT2D eigenvalue weighted by molar-refractivity contribution is -0.384. The first-order chi connectivity index (χ1) is 15.4. The number of carbonyl (C=O) groups is 2. The molecule has 0 fully saturated rings. The SMILES string of the molecule is CCOC(=O)c1c(N(C=O)Cc2ccccc2F)sc(-c2ccc([N+](=O)[O-])cc2)c1CBr. The van der Waals surface area contributed by atoms with Crippen molar-refractivity contribution in [2.45, 2.75) is 18.8 Å². The van der Waals surface area contributed by atoms with E-state index in [2.05, 4.69) is 15.9 Å². The highest BCUT2D eigenvalue weighted by atomic mass is 79.9. The highest BCUT2D eigenvalue weighted by Gasteiger charge is 2.28. The van der Waals surface area contributed by atoms with Crippen LogP contribution >= 0.6 is 27.3 Å². The fraction of sp³-hybridized carbons (Fsp3) is 0.182. The fourth-order valence-electron chi connectivity index (χ4n) is 3.13. The first-order valence-electron chi connectivity index (χ1n) is 9.50. The van der Waals surface area contributed by atoms with E-state index in [-0.39, 0.29) is 29.7 Å². The van der Waals surface area contributed by atoms with Crippen LogP contribution in [0.3, 0.4) is 0 Å². The first-order valence-corrected chi connectivity index (χ1v) is 11.4. The summed E-state index contributed by atoms with van der Waals surface area (Å²) in [5.74, 6) is -1.08. The number of anilines is 1. The van der Waals surface area contributed by atoms with Gasteiger partial charge < -0.3 is 9.64 Å². The number of amides is 1. The van der Waals surface area contributed by atoms with Gasteiger partial charge in [0.2, 0.25) is 6.41 Å². The summed E-state index contributed by atoms with van der Waals surface area (Å²) in [5.41, 5.74) is 1.65. The van der Waals surface area contributed by atoms with Crippen molar-refractivity contribution < 1.29 is 23.6 Å². The van der Waals surface area contributed by atoms with E-state index in [1.807, 2.05) is 0 Å². The lowest BCUT2D eigenvalue weighted by Gasteiger charge is -2.18. The van der Waals surface area contributed by atoms with Crippen LogP contribution in [0.5, 0.6) is 0 Å². The van der Waals surface area contributed by atoms with Crippen molar-refractivity contribution in [1.82, 2.24) is 0 Å². The predicted octanol–water partition coefficient (Wildman–Crippen LogP) is 5.70. The minimum absolute atomic E-state index is 0.0643. The van der Waals surface area contributed by atoms with Crippen molar-refractivity contribution in [3.8, 4) is 10.4 Å². The number of carbonyl (C=O) groups excluding carboxylic acids is 2. The smallest absolute Gasteiger partial charge is 0.341 e. The average Bonchev–Trinajstić information content (AvgIpc) is 3.18. The third kappa shape index (κ3) is 4.86. The predicted molar refractivity (Wildman–Crippen MR) is 124 cm³/mol. The van der Waals surface area contributed by atoms with Gasteiger partial charge >= 0.3 is 5.97 Å². The molecule has 0 N–H and O–H groups in total. The molecule has 0 unspecified atom stereocenters. The molecule has 0 aliphatic heterocycles. The zero-order chi connectivity index (χ0) is 23.3. The fourth-order valence-corrected chi connectivity index (χ4v) is 5.15. The molecule has 1 amide bonds. The van der Waals surface area contributed by atoms with Gasteiger partial charge in [0.1, 0.15) is 10.8 Å².